The molecule has 0 aliphatic heterocycles. The van der Waals surface area contributed by atoms with Crippen LogP contribution in [0.3, 0.4) is 0 Å². The first-order valence-corrected chi connectivity index (χ1v) is 18.7. The highest BCUT2D eigenvalue weighted by Crippen LogP contribution is 2.41. The van der Waals surface area contributed by atoms with Crippen molar-refractivity contribution in [3.8, 4) is 46.4 Å². The fourth-order valence-corrected chi connectivity index (χ4v) is 8.93. The topological polar surface area (TPSA) is 86.2 Å². The molecular weight excluding hydrogens is 697 g/mol. The number of benzene rings is 8. The Morgan fingerprint density at radius 1 is 0.333 bits per heavy atom. The maximum Gasteiger partial charge on any atom is 0.101 e. The Labute approximate surface area is 326 Å². The Bertz CT molecular complexity index is 3520. The predicted octanol–water partition coefficient (Wildman–Crippen LogP) is 12.3. The van der Waals surface area contributed by atoms with Crippen LogP contribution in [0.5, 0.6) is 0 Å². The Kier molecular flexibility index (Phi) is 6.95. The normalized spacial score (nSPS) is 11.5. The Hall–Kier alpha value is -8.37. The molecule has 3 aromatic heterocycles. The molecule has 0 N–H and O–H groups in total. The molecule has 0 atom stereocenters. The molecule has 262 valence electrons. The van der Waals surface area contributed by atoms with Gasteiger partial charge in [0.2, 0.25) is 0 Å². The molecule has 8 aromatic carbocycles. The summed E-state index contributed by atoms with van der Waals surface area (Å²) in [5.74, 6) is 0. The van der Waals surface area contributed by atoms with Crippen molar-refractivity contribution in [2.45, 2.75) is 0 Å². The lowest BCUT2D eigenvalue weighted by atomic mass is 9.97. The monoisotopic (exact) mass is 724 g/mol. The minimum absolute atomic E-state index is 0.486. The third-order valence-corrected chi connectivity index (χ3v) is 11.3. The van der Waals surface area contributed by atoms with Gasteiger partial charge >= 0.3 is 0 Å². The smallest absolute Gasteiger partial charge is 0.101 e. The molecule has 11 rings (SSSR count). The molecule has 0 aliphatic carbocycles. The van der Waals surface area contributed by atoms with Crippen molar-refractivity contribution in [2.24, 2.45) is 0 Å². The van der Waals surface area contributed by atoms with Gasteiger partial charge in [-0.05, 0) is 84.4 Å². The quantitative estimate of drug-likeness (QED) is 0.181. The number of hydrogen-bond acceptors (Lipinski definition) is 3. The number of rotatable bonds is 4. The Morgan fingerprint density at radius 3 is 1.47 bits per heavy atom. The van der Waals surface area contributed by atoms with Crippen LogP contribution in [0.15, 0.2) is 170 Å². The first kappa shape index (κ1) is 32.1. The average molecular weight is 725 g/mol. The number of fused-ring (bicyclic) bond motifs is 9. The van der Waals surface area contributed by atoms with E-state index >= 15 is 0 Å². The fourth-order valence-electron chi connectivity index (χ4n) is 8.93. The molecule has 0 radical (unpaired) electrons. The van der Waals surface area contributed by atoms with Gasteiger partial charge in [0.25, 0.3) is 0 Å². The van der Waals surface area contributed by atoms with Gasteiger partial charge < -0.3 is 13.7 Å². The molecule has 0 saturated carbocycles. The molecule has 57 heavy (non-hydrogen) atoms. The molecule has 0 spiro atoms. The summed E-state index contributed by atoms with van der Waals surface area (Å²) in [5, 5.41) is 37.6. The fraction of sp³-hybridized carbons (Fsp3) is 0. The standard InChI is InChI=1S/C51H28N6/c52-29-32-20-23-49-44(26-32)43-22-21-36(55-45-16-5-1-11-39(45)40-12-2-6-17-46(40)55)28-50(43)56(49)37-25-33(30-53)24-35(27-37)38-15-9-10-34(31-54)51(38)57-47-18-7-3-13-41(47)42-14-4-8-19-48(42)57/h1-28H. The highest BCUT2D eigenvalue weighted by molar-refractivity contribution is 6.13. The third kappa shape index (κ3) is 4.68. The molecule has 6 heteroatoms. The van der Waals surface area contributed by atoms with Crippen LogP contribution >= 0.6 is 0 Å². The number of aromatic nitrogens is 3. The summed E-state index contributed by atoms with van der Waals surface area (Å²) >= 11 is 0. The highest BCUT2D eigenvalue weighted by atomic mass is 15.0. The highest BCUT2D eigenvalue weighted by Gasteiger charge is 2.21. The van der Waals surface area contributed by atoms with Crippen molar-refractivity contribution >= 4 is 65.4 Å². The molecule has 0 saturated heterocycles. The average Bonchev–Trinajstić information content (AvgIpc) is 3.91. The zero-order valence-electron chi connectivity index (χ0n) is 30.3. The van der Waals surface area contributed by atoms with Crippen LogP contribution in [0.1, 0.15) is 16.7 Å². The zero-order chi connectivity index (χ0) is 38.2. The van der Waals surface area contributed by atoms with Gasteiger partial charge in [0, 0.05) is 49.3 Å². The first-order valence-electron chi connectivity index (χ1n) is 18.7. The second kappa shape index (κ2) is 12.3. The summed E-state index contributed by atoms with van der Waals surface area (Å²) in [6, 6.07) is 64.7. The van der Waals surface area contributed by atoms with Crippen LogP contribution in [-0.2, 0) is 0 Å². The lowest BCUT2D eigenvalue weighted by molar-refractivity contribution is 1.15. The van der Waals surface area contributed by atoms with Gasteiger partial charge in [0.1, 0.15) is 6.07 Å². The van der Waals surface area contributed by atoms with Crippen LogP contribution in [0.25, 0.3) is 93.6 Å². The van der Waals surface area contributed by atoms with Crippen molar-refractivity contribution in [1.82, 2.24) is 13.7 Å². The van der Waals surface area contributed by atoms with E-state index < -0.39 is 0 Å². The summed E-state index contributed by atoms with van der Waals surface area (Å²) in [6.07, 6.45) is 0. The molecule has 6 nitrogen and oxygen atoms in total. The summed E-state index contributed by atoms with van der Waals surface area (Å²) in [7, 11) is 0. The zero-order valence-corrected chi connectivity index (χ0v) is 30.3. The van der Waals surface area contributed by atoms with Gasteiger partial charge in [0.05, 0.1) is 67.6 Å². The van der Waals surface area contributed by atoms with Crippen LogP contribution in [-0.4, -0.2) is 13.7 Å². The van der Waals surface area contributed by atoms with Gasteiger partial charge in [-0.3, -0.25) is 0 Å². The van der Waals surface area contributed by atoms with Gasteiger partial charge in [-0.1, -0.05) is 91.0 Å². The van der Waals surface area contributed by atoms with Gasteiger partial charge in [-0.2, -0.15) is 15.8 Å². The minimum Gasteiger partial charge on any atom is -0.309 e. The van der Waals surface area contributed by atoms with Gasteiger partial charge in [0.15, 0.2) is 0 Å². The lowest BCUT2D eigenvalue weighted by Gasteiger charge is -2.17. The second-order valence-corrected chi connectivity index (χ2v) is 14.3. The van der Waals surface area contributed by atoms with E-state index in [-0.39, 0.29) is 0 Å². The Balaban J connectivity index is 1.21. The Morgan fingerprint density at radius 2 is 0.877 bits per heavy atom. The van der Waals surface area contributed by atoms with E-state index in [9.17, 15) is 15.8 Å². The molecule has 0 amide bonds. The van der Waals surface area contributed by atoms with E-state index in [4.69, 9.17) is 0 Å². The van der Waals surface area contributed by atoms with E-state index in [1.807, 2.05) is 72.8 Å². The molecule has 0 bridgehead atoms. The van der Waals surface area contributed by atoms with Crippen LogP contribution in [0.2, 0.25) is 0 Å². The molecule has 0 unspecified atom stereocenters. The second-order valence-electron chi connectivity index (χ2n) is 14.3. The molecule has 0 aliphatic rings. The number of para-hydroxylation sites is 5. The van der Waals surface area contributed by atoms with Crippen molar-refractivity contribution in [1.29, 1.82) is 15.8 Å². The SMILES string of the molecule is N#Cc1cc(-c2cccc(C#N)c2-n2c3ccccc3c3ccccc32)cc(-n2c3ccc(C#N)cc3c3ccc(-n4c5ccccc5c5ccccc54)cc32)c1. The summed E-state index contributed by atoms with van der Waals surface area (Å²) in [4.78, 5) is 0. The largest absolute Gasteiger partial charge is 0.309 e. The molecule has 3 heterocycles. The number of nitrogens with zero attached hydrogens (tertiary/aromatic N) is 6. The van der Waals surface area contributed by atoms with Crippen LogP contribution in [0.4, 0.5) is 0 Å². The van der Waals surface area contributed by atoms with E-state index in [0.717, 1.165) is 82.8 Å². The van der Waals surface area contributed by atoms with Crippen LogP contribution < -0.4 is 0 Å². The van der Waals surface area contributed by atoms with E-state index in [0.29, 0.717) is 16.7 Å². The van der Waals surface area contributed by atoms with Gasteiger partial charge in [-0.15, -0.1) is 0 Å². The molecular formula is C51H28N6. The first-order chi connectivity index (χ1) is 28.1. The van der Waals surface area contributed by atoms with E-state index in [2.05, 4.69) is 129 Å². The van der Waals surface area contributed by atoms with Crippen molar-refractivity contribution in [3.63, 3.8) is 0 Å². The molecule has 0 fully saturated rings. The summed E-state index contributed by atoms with van der Waals surface area (Å²) < 4.78 is 6.68. The van der Waals surface area contributed by atoms with E-state index in [1.165, 1.54) is 10.8 Å². The number of nitriles is 3. The number of hydrogen-bond donors (Lipinski definition) is 0. The van der Waals surface area contributed by atoms with Crippen LogP contribution in [0, 0.1) is 34.0 Å². The third-order valence-electron chi connectivity index (χ3n) is 11.3. The summed E-state index contributed by atoms with van der Waals surface area (Å²) in [5.41, 5.74) is 11.8. The van der Waals surface area contributed by atoms with Crippen molar-refractivity contribution in [3.05, 3.63) is 187 Å². The summed E-state index contributed by atoms with van der Waals surface area (Å²) in [6.45, 7) is 0. The van der Waals surface area contributed by atoms with Gasteiger partial charge in [-0.25, -0.2) is 0 Å². The lowest BCUT2D eigenvalue weighted by Crippen LogP contribution is -2.02. The molecule has 11 aromatic rings. The van der Waals surface area contributed by atoms with Crippen molar-refractivity contribution < 1.29 is 0 Å². The maximum absolute atomic E-state index is 10.6. The minimum atomic E-state index is 0.486. The predicted molar refractivity (Wildman–Crippen MR) is 229 cm³/mol. The van der Waals surface area contributed by atoms with E-state index in [1.54, 1.807) is 0 Å². The van der Waals surface area contributed by atoms with Crippen molar-refractivity contribution in [2.75, 3.05) is 0 Å². The maximum atomic E-state index is 10.6.